The number of aromatic hydroxyl groups is 1. The summed E-state index contributed by atoms with van der Waals surface area (Å²) in [5, 5.41) is 13.9. The summed E-state index contributed by atoms with van der Waals surface area (Å²) in [6.45, 7) is 0. The molecule has 0 unspecified atom stereocenters. The number of hydrogen-bond donors (Lipinski definition) is 2. The molecule has 2 aliphatic rings. The number of benzene rings is 3. The van der Waals surface area contributed by atoms with Crippen LogP contribution in [0.2, 0.25) is 0 Å². The summed E-state index contributed by atoms with van der Waals surface area (Å²) in [6, 6.07) is 23.1. The number of phenolic OH excluding ortho intramolecular Hbond substituents is 1. The molecule has 2 N–H and O–H groups in total. The first-order chi connectivity index (χ1) is 16.8. The summed E-state index contributed by atoms with van der Waals surface area (Å²) in [5.74, 6) is 0.267. The highest BCUT2D eigenvalue weighted by molar-refractivity contribution is 5.98. The summed E-state index contributed by atoms with van der Waals surface area (Å²) in [4.78, 5) is 8.22. The van der Waals surface area contributed by atoms with Crippen molar-refractivity contribution in [2.45, 2.75) is 25.7 Å². The number of rotatable bonds is 2. The lowest BCUT2D eigenvalue weighted by molar-refractivity contribution is 0.476. The van der Waals surface area contributed by atoms with Gasteiger partial charge in [-0.2, -0.15) is 0 Å². The van der Waals surface area contributed by atoms with Crippen LogP contribution in [0.4, 0.5) is 0 Å². The summed E-state index contributed by atoms with van der Waals surface area (Å²) >= 11 is 0. The van der Waals surface area contributed by atoms with Crippen LogP contribution in [0, 0.1) is 0 Å². The second-order valence-electron chi connectivity index (χ2n) is 9.29. The van der Waals surface area contributed by atoms with Crippen LogP contribution in [-0.4, -0.2) is 15.1 Å². The zero-order chi connectivity index (χ0) is 22.6. The molecule has 3 aromatic carbocycles. The number of aromatic amines is 1. The van der Waals surface area contributed by atoms with Crippen molar-refractivity contribution >= 4 is 22.6 Å². The van der Waals surface area contributed by atoms with Crippen molar-refractivity contribution in [3.05, 3.63) is 106 Å². The number of pyridine rings is 1. The molecule has 34 heavy (non-hydrogen) atoms. The van der Waals surface area contributed by atoms with Crippen molar-refractivity contribution in [2.24, 2.45) is 0 Å². The van der Waals surface area contributed by atoms with Gasteiger partial charge in [-0.05, 0) is 88.2 Å². The van der Waals surface area contributed by atoms with Gasteiger partial charge in [-0.3, -0.25) is 4.98 Å². The smallest absolute Gasteiger partial charge is 0.116 e. The van der Waals surface area contributed by atoms with Crippen molar-refractivity contribution in [1.29, 1.82) is 0 Å². The Morgan fingerprint density at radius 1 is 0.794 bits per heavy atom. The number of hydrogen-bond acceptors (Lipinski definition) is 2. The Morgan fingerprint density at radius 2 is 1.71 bits per heavy atom. The average molecular weight is 441 g/mol. The molecule has 0 bridgehead atoms. The van der Waals surface area contributed by atoms with Crippen LogP contribution >= 0.6 is 0 Å². The molecule has 0 saturated carbocycles. The molecular formula is C31H24N2O. The summed E-state index contributed by atoms with van der Waals surface area (Å²) < 4.78 is 0. The Kier molecular flexibility index (Phi) is 4.25. The monoisotopic (exact) mass is 440 g/mol. The third kappa shape index (κ3) is 2.87. The molecule has 0 amide bonds. The zero-order valence-corrected chi connectivity index (χ0v) is 18.8. The number of nitrogens with one attached hydrogen (secondary N) is 1. The number of fused-ring (bicyclic) bond motifs is 6. The van der Waals surface area contributed by atoms with Crippen molar-refractivity contribution in [2.75, 3.05) is 0 Å². The average Bonchev–Trinajstić information content (AvgIpc) is 3.30. The lowest BCUT2D eigenvalue weighted by Crippen LogP contribution is -2.36. The van der Waals surface area contributed by atoms with E-state index in [9.17, 15) is 5.11 Å². The lowest BCUT2D eigenvalue weighted by Gasteiger charge is -2.22. The maximum atomic E-state index is 10.1. The molecule has 164 valence electrons. The second kappa shape index (κ2) is 7.46. The first-order valence-electron chi connectivity index (χ1n) is 12.0. The van der Waals surface area contributed by atoms with E-state index in [1.54, 1.807) is 6.07 Å². The van der Waals surface area contributed by atoms with Crippen molar-refractivity contribution in [3.8, 4) is 28.1 Å². The number of phenols is 1. The van der Waals surface area contributed by atoms with Crippen LogP contribution in [0.15, 0.2) is 79.1 Å². The first kappa shape index (κ1) is 19.4. The van der Waals surface area contributed by atoms with Gasteiger partial charge in [0.25, 0.3) is 0 Å². The summed E-state index contributed by atoms with van der Waals surface area (Å²) in [5.41, 5.74) is 11.1. The Balaban J connectivity index is 1.54. The molecule has 0 saturated heterocycles. The van der Waals surface area contributed by atoms with E-state index in [2.05, 4.69) is 53.5 Å². The largest absolute Gasteiger partial charge is 0.508 e. The molecule has 0 radical (unpaired) electrons. The molecule has 2 aromatic heterocycles. The molecule has 2 heterocycles. The number of aromatic nitrogens is 2. The molecule has 0 atom stereocenters. The molecule has 3 nitrogen and oxygen atoms in total. The normalized spacial score (nSPS) is 14.3. The van der Waals surface area contributed by atoms with E-state index in [0.29, 0.717) is 0 Å². The molecular weight excluding hydrogens is 416 g/mol. The van der Waals surface area contributed by atoms with Gasteiger partial charge in [-0.25, -0.2) is 0 Å². The van der Waals surface area contributed by atoms with Crippen molar-refractivity contribution in [1.82, 2.24) is 9.97 Å². The molecule has 0 aliphatic heterocycles. The highest BCUT2D eigenvalue weighted by atomic mass is 16.3. The SMILES string of the molecule is Oc1ccc2[nH]cc(-c3ncccc3C3=c4c(ccc5c4=CCc4ccccc4-5)CCC3)c2c1. The predicted octanol–water partition coefficient (Wildman–Crippen LogP) is 5.47. The van der Waals surface area contributed by atoms with E-state index in [4.69, 9.17) is 4.98 Å². The van der Waals surface area contributed by atoms with Gasteiger partial charge < -0.3 is 10.1 Å². The van der Waals surface area contributed by atoms with Crippen LogP contribution in [0.1, 0.15) is 29.5 Å². The minimum Gasteiger partial charge on any atom is -0.508 e. The van der Waals surface area contributed by atoms with E-state index in [1.807, 2.05) is 30.6 Å². The van der Waals surface area contributed by atoms with Gasteiger partial charge in [-0.1, -0.05) is 48.5 Å². The van der Waals surface area contributed by atoms with Gasteiger partial charge in [0.1, 0.15) is 5.75 Å². The Hall–Kier alpha value is -4.11. The fourth-order valence-electron chi connectivity index (χ4n) is 5.87. The van der Waals surface area contributed by atoms with Gasteiger partial charge >= 0.3 is 0 Å². The predicted molar refractivity (Wildman–Crippen MR) is 138 cm³/mol. The maximum Gasteiger partial charge on any atom is 0.116 e. The zero-order valence-electron chi connectivity index (χ0n) is 18.8. The number of nitrogens with zero attached hydrogens (tertiary/aromatic N) is 1. The minimum absolute atomic E-state index is 0.267. The maximum absolute atomic E-state index is 10.1. The van der Waals surface area contributed by atoms with Crippen LogP contribution < -0.4 is 10.4 Å². The second-order valence-corrected chi connectivity index (χ2v) is 9.29. The van der Waals surface area contributed by atoms with Gasteiger partial charge in [0.05, 0.1) is 5.69 Å². The van der Waals surface area contributed by atoms with Crippen molar-refractivity contribution in [3.63, 3.8) is 0 Å². The van der Waals surface area contributed by atoms with Gasteiger partial charge in [0, 0.05) is 34.4 Å². The third-order valence-corrected chi connectivity index (χ3v) is 7.39. The van der Waals surface area contributed by atoms with E-state index >= 15 is 0 Å². The highest BCUT2D eigenvalue weighted by Crippen LogP contribution is 2.35. The summed E-state index contributed by atoms with van der Waals surface area (Å²) in [7, 11) is 0. The third-order valence-electron chi connectivity index (χ3n) is 7.39. The number of H-pyrrole nitrogens is 1. The van der Waals surface area contributed by atoms with Crippen LogP contribution in [0.25, 0.3) is 44.9 Å². The molecule has 2 aliphatic carbocycles. The Bertz CT molecular complexity index is 1720. The lowest BCUT2D eigenvalue weighted by atomic mass is 9.82. The van der Waals surface area contributed by atoms with Gasteiger partial charge in [-0.15, -0.1) is 0 Å². The quantitative estimate of drug-likeness (QED) is 0.382. The topological polar surface area (TPSA) is 48.9 Å². The van der Waals surface area contributed by atoms with E-state index in [1.165, 1.54) is 43.8 Å². The number of aryl methyl sites for hydroxylation is 1. The van der Waals surface area contributed by atoms with E-state index in [-0.39, 0.29) is 5.75 Å². The minimum atomic E-state index is 0.267. The van der Waals surface area contributed by atoms with E-state index in [0.717, 1.165) is 47.8 Å². The highest BCUT2D eigenvalue weighted by Gasteiger charge is 2.21. The van der Waals surface area contributed by atoms with E-state index < -0.39 is 0 Å². The molecule has 7 rings (SSSR count). The fourth-order valence-corrected chi connectivity index (χ4v) is 5.87. The summed E-state index contributed by atoms with van der Waals surface area (Å²) in [6.07, 6.45) is 10.6. The molecule has 0 spiro atoms. The first-order valence-corrected chi connectivity index (χ1v) is 12.0. The Labute approximate surface area is 197 Å². The van der Waals surface area contributed by atoms with Gasteiger partial charge in [0.2, 0.25) is 0 Å². The van der Waals surface area contributed by atoms with Gasteiger partial charge in [0.15, 0.2) is 0 Å². The fraction of sp³-hybridized carbons (Fsp3) is 0.129. The standard InChI is InChI=1S/C31H24N2O/c34-21-12-15-29-27(17-21)28(18-33-29)31-26(9-4-16-32-31)24-8-3-6-20-11-13-23-22-7-2-1-5-19(22)10-14-25(23)30(20)24/h1-2,4-5,7,9,11-18,33-34H,3,6,8,10H2. The van der Waals surface area contributed by atoms with Crippen LogP contribution in [0.5, 0.6) is 5.75 Å². The molecule has 3 heteroatoms. The van der Waals surface area contributed by atoms with Crippen LogP contribution in [-0.2, 0) is 12.8 Å². The molecule has 5 aromatic rings. The van der Waals surface area contributed by atoms with Crippen LogP contribution in [0.3, 0.4) is 0 Å². The molecule has 0 fully saturated rings. The van der Waals surface area contributed by atoms with Crippen molar-refractivity contribution < 1.29 is 5.11 Å². The Morgan fingerprint density at radius 3 is 2.68 bits per heavy atom.